The third-order valence-corrected chi connectivity index (χ3v) is 5.20. The Morgan fingerprint density at radius 3 is 2.43 bits per heavy atom. The van der Waals surface area contributed by atoms with Crippen LogP contribution in [0.5, 0.6) is 0 Å². The average Bonchev–Trinajstić information content (AvgIpc) is 2.95. The summed E-state index contributed by atoms with van der Waals surface area (Å²) in [7, 11) is -3.89. The molecule has 1 N–H and O–H groups in total. The molecule has 1 heterocycles. The summed E-state index contributed by atoms with van der Waals surface area (Å²) in [5, 5.41) is 10.4. The number of aliphatic carboxylic acids is 1. The van der Waals surface area contributed by atoms with Crippen LogP contribution in [0.15, 0.2) is 60.0 Å². The van der Waals surface area contributed by atoms with Crippen molar-refractivity contribution < 1.29 is 18.3 Å². The maximum atomic E-state index is 12.7. The molecule has 0 fully saturated rings. The quantitative estimate of drug-likeness (QED) is 0.935. The molecule has 0 aliphatic carbocycles. The molecule has 0 bridgehead atoms. The molecule has 6 heteroatoms. The molecule has 1 aliphatic heterocycles. The van der Waals surface area contributed by atoms with Crippen molar-refractivity contribution in [2.75, 3.05) is 4.31 Å². The van der Waals surface area contributed by atoms with E-state index >= 15 is 0 Å². The van der Waals surface area contributed by atoms with Gasteiger partial charge in [0.2, 0.25) is 0 Å². The van der Waals surface area contributed by atoms with E-state index in [1.54, 1.807) is 48.5 Å². The van der Waals surface area contributed by atoms with Crippen molar-refractivity contribution in [3.05, 3.63) is 71.1 Å². The first-order chi connectivity index (χ1) is 11.0. The van der Waals surface area contributed by atoms with E-state index in [0.29, 0.717) is 5.69 Å². The van der Waals surface area contributed by atoms with Crippen molar-refractivity contribution in [3.63, 3.8) is 0 Å². The number of anilines is 1. The molecule has 0 unspecified atom stereocenters. The zero-order valence-corrected chi connectivity index (χ0v) is 13.0. The minimum atomic E-state index is -3.89. The van der Waals surface area contributed by atoms with E-state index in [-0.39, 0.29) is 6.42 Å². The number of hydrogen-bond donors (Lipinski definition) is 1. The van der Waals surface area contributed by atoms with Crippen LogP contribution in [0.2, 0.25) is 0 Å². The van der Waals surface area contributed by atoms with Crippen molar-refractivity contribution in [1.29, 1.82) is 0 Å². The zero-order valence-electron chi connectivity index (χ0n) is 12.2. The number of nitrogens with zero attached hydrogens (tertiary/aromatic N) is 1. The minimum Gasteiger partial charge on any atom is -0.480 e. The Bertz CT molecular complexity index is 859. The molecule has 0 spiro atoms. The fourth-order valence-electron chi connectivity index (χ4n) is 2.65. The number of benzene rings is 2. The van der Waals surface area contributed by atoms with Crippen molar-refractivity contribution >= 4 is 27.8 Å². The third kappa shape index (κ3) is 2.98. The first-order valence-electron chi connectivity index (χ1n) is 7.07. The van der Waals surface area contributed by atoms with E-state index in [0.717, 1.165) is 20.8 Å². The second kappa shape index (κ2) is 5.89. The van der Waals surface area contributed by atoms with Crippen molar-refractivity contribution in [2.24, 2.45) is 0 Å². The summed E-state index contributed by atoms with van der Waals surface area (Å²) in [6.45, 7) is 0. The van der Waals surface area contributed by atoms with Gasteiger partial charge in [0.15, 0.2) is 0 Å². The van der Waals surface area contributed by atoms with E-state index in [4.69, 9.17) is 0 Å². The van der Waals surface area contributed by atoms with Crippen LogP contribution in [-0.4, -0.2) is 25.5 Å². The van der Waals surface area contributed by atoms with E-state index in [2.05, 4.69) is 0 Å². The van der Waals surface area contributed by atoms with Crippen LogP contribution in [0.25, 0.3) is 6.08 Å². The molecular formula is C17H15NO4S. The zero-order chi connectivity index (χ0) is 16.4. The molecule has 0 aromatic heterocycles. The Labute approximate surface area is 134 Å². The fourth-order valence-corrected chi connectivity index (χ4v) is 4.09. The predicted molar refractivity (Wildman–Crippen MR) is 88.4 cm³/mol. The largest absolute Gasteiger partial charge is 0.480 e. The Morgan fingerprint density at radius 2 is 1.74 bits per heavy atom. The van der Waals surface area contributed by atoms with Crippen molar-refractivity contribution in [3.8, 4) is 0 Å². The molecule has 0 radical (unpaired) electrons. The monoisotopic (exact) mass is 329 g/mol. The lowest BCUT2D eigenvalue weighted by molar-refractivity contribution is -0.138. The highest BCUT2D eigenvalue weighted by molar-refractivity contribution is 7.95. The molecule has 0 saturated carbocycles. The van der Waals surface area contributed by atoms with E-state index < -0.39 is 22.0 Å². The van der Waals surface area contributed by atoms with Gasteiger partial charge in [-0.1, -0.05) is 48.5 Å². The van der Waals surface area contributed by atoms with Crippen LogP contribution in [0, 0.1) is 0 Å². The normalized spacial score (nSPS) is 17.4. The van der Waals surface area contributed by atoms with Gasteiger partial charge in [-0.2, -0.15) is 0 Å². The first kappa shape index (κ1) is 15.3. The summed E-state index contributed by atoms with van der Waals surface area (Å²) < 4.78 is 26.3. The molecule has 118 valence electrons. The summed E-state index contributed by atoms with van der Waals surface area (Å²) in [6.07, 6.45) is 1.64. The smallest absolute Gasteiger partial charge is 0.327 e. The van der Waals surface area contributed by atoms with Gasteiger partial charge in [-0.15, -0.1) is 0 Å². The molecule has 5 nitrogen and oxygen atoms in total. The van der Waals surface area contributed by atoms with Gasteiger partial charge >= 0.3 is 5.97 Å². The summed E-state index contributed by atoms with van der Waals surface area (Å²) in [6, 6.07) is 14.7. The molecule has 2 aromatic carbocycles. The maximum Gasteiger partial charge on any atom is 0.327 e. The van der Waals surface area contributed by atoms with E-state index in [1.165, 1.54) is 6.08 Å². The SMILES string of the molecule is O=C(O)[C@H]1Cc2ccccc2N1S(=O)(=O)/C=C/c1ccccc1. The van der Waals surface area contributed by atoms with Gasteiger partial charge in [-0.05, 0) is 23.3 Å². The van der Waals surface area contributed by atoms with E-state index in [1.807, 2.05) is 6.07 Å². The lowest BCUT2D eigenvalue weighted by atomic mass is 10.1. The topological polar surface area (TPSA) is 74.7 Å². The molecule has 3 rings (SSSR count). The van der Waals surface area contributed by atoms with Gasteiger partial charge in [-0.25, -0.2) is 13.2 Å². The van der Waals surface area contributed by atoms with Crippen LogP contribution in [0.3, 0.4) is 0 Å². The maximum absolute atomic E-state index is 12.7. The molecule has 1 aliphatic rings. The lowest BCUT2D eigenvalue weighted by Gasteiger charge is -2.22. The minimum absolute atomic E-state index is 0.171. The van der Waals surface area contributed by atoms with E-state index in [9.17, 15) is 18.3 Å². The standard InChI is InChI=1S/C17H15NO4S/c19-17(20)16-12-14-8-4-5-9-15(14)18(16)23(21,22)11-10-13-6-2-1-3-7-13/h1-11,16H,12H2,(H,19,20)/b11-10+/t16-/m1/s1. The lowest BCUT2D eigenvalue weighted by Crippen LogP contribution is -2.41. The van der Waals surface area contributed by atoms with Gasteiger partial charge in [-0.3, -0.25) is 4.31 Å². The van der Waals surface area contributed by atoms with Gasteiger partial charge in [0.1, 0.15) is 6.04 Å². The van der Waals surface area contributed by atoms with Gasteiger partial charge in [0, 0.05) is 6.42 Å². The summed E-state index contributed by atoms with van der Waals surface area (Å²) in [4.78, 5) is 11.5. The van der Waals surface area contributed by atoms with Crippen molar-refractivity contribution in [1.82, 2.24) is 0 Å². The highest BCUT2D eigenvalue weighted by atomic mass is 32.2. The Hall–Kier alpha value is -2.60. The molecule has 23 heavy (non-hydrogen) atoms. The Morgan fingerprint density at radius 1 is 1.09 bits per heavy atom. The van der Waals surface area contributed by atoms with Crippen molar-refractivity contribution in [2.45, 2.75) is 12.5 Å². The highest BCUT2D eigenvalue weighted by Crippen LogP contribution is 2.35. The number of para-hydroxylation sites is 1. The van der Waals surface area contributed by atoms with Crippen LogP contribution in [0.1, 0.15) is 11.1 Å². The number of rotatable bonds is 4. The van der Waals surface area contributed by atoms with Crippen LogP contribution in [0.4, 0.5) is 5.69 Å². The number of sulfonamides is 1. The Balaban J connectivity index is 2.00. The molecule has 1 atom stereocenters. The fraction of sp³-hybridized carbons (Fsp3) is 0.118. The number of carboxylic acids is 1. The molecule has 0 amide bonds. The summed E-state index contributed by atoms with van der Waals surface area (Å²) in [5.74, 6) is -1.15. The number of carbonyl (C=O) groups is 1. The second-order valence-electron chi connectivity index (χ2n) is 5.24. The molecule has 2 aromatic rings. The predicted octanol–water partition coefficient (Wildman–Crippen LogP) is 2.50. The number of hydrogen-bond acceptors (Lipinski definition) is 3. The Kier molecular flexibility index (Phi) is 3.92. The van der Waals surface area contributed by atoms with Crippen LogP contribution in [-0.2, 0) is 21.2 Å². The van der Waals surface area contributed by atoms with Gasteiger partial charge < -0.3 is 5.11 Å². The van der Waals surface area contributed by atoms with Gasteiger partial charge in [0.05, 0.1) is 11.1 Å². The third-order valence-electron chi connectivity index (χ3n) is 3.72. The summed E-state index contributed by atoms with van der Waals surface area (Å²) in [5.41, 5.74) is 1.88. The van der Waals surface area contributed by atoms with Crippen LogP contribution >= 0.6 is 0 Å². The number of carboxylic acid groups (broad SMARTS) is 1. The number of fused-ring (bicyclic) bond motifs is 1. The van der Waals surface area contributed by atoms with Crippen LogP contribution < -0.4 is 4.31 Å². The molecule has 0 saturated heterocycles. The summed E-state index contributed by atoms with van der Waals surface area (Å²) >= 11 is 0. The first-order valence-corrected chi connectivity index (χ1v) is 8.57. The molecular weight excluding hydrogens is 314 g/mol. The van der Waals surface area contributed by atoms with Gasteiger partial charge in [0.25, 0.3) is 10.0 Å². The average molecular weight is 329 g/mol. The highest BCUT2D eigenvalue weighted by Gasteiger charge is 2.40. The second-order valence-corrected chi connectivity index (χ2v) is 6.94.